The number of aliphatic hydroxyl groups is 1. The van der Waals surface area contributed by atoms with Crippen LogP contribution in [0, 0.1) is 0 Å². The number of aliphatic hydroxyl groups excluding tert-OH is 1. The lowest BCUT2D eigenvalue weighted by atomic mass is 10.2. The van der Waals surface area contributed by atoms with E-state index in [0.29, 0.717) is 0 Å². The molecule has 0 aliphatic rings. The molecule has 0 radical (unpaired) electrons. The Morgan fingerprint density at radius 2 is 2.47 bits per heavy atom. The topological polar surface area (TPSA) is 93.2 Å². The number of hydrogen-bond donors (Lipinski definition) is 3. The highest BCUT2D eigenvalue weighted by Crippen LogP contribution is 2.09. The van der Waals surface area contributed by atoms with Gasteiger partial charge in [0.25, 0.3) is 0 Å². The smallest absolute Gasteiger partial charge is 0.247 e. The minimum absolute atomic E-state index is 0.00602. The van der Waals surface area contributed by atoms with Gasteiger partial charge in [-0.25, -0.2) is 0 Å². The molecule has 1 aromatic rings. The maximum absolute atomic E-state index is 10.6. The van der Waals surface area contributed by atoms with Crippen molar-refractivity contribution in [3.63, 3.8) is 0 Å². The number of nitrogens with zero attached hydrogens (tertiary/aromatic N) is 2. The second kappa shape index (κ2) is 4.90. The summed E-state index contributed by atoms with van der Waals surface area (Å²) in [7, 11) is 1.83. The van der Waals surface area contributed by atoms with Crippen molar-refractivity contribution in [1.29, 1.82) is 0 Å². The van der Waals surface area contributed by atoms with Crippen molar-refractivity contribution >= 4 is 5.91 Å². The summed E-state index contributed by atoms with van der Waals surface area (Å²) < 4.78 is 1.73. The predicted octanol–water partition coefficient (Wildman–Crippen LogP) is -1.08. The Bertz CT molecular complexity index is 337. The van der Waals surface area contributed by atoms with Crippen LogP contribution in [0.3, 0.4) is 0 Å². The van der Waals surface area contributed by atoms with Crippen LogP contribution < -0.4 is 11.1 Å². The summed E-state index contributed by atoms with van der Waals surface area (Å²) in [6, 6.07) is 1.88. The molecule has 0 spiro atoms. The molecule has 0 aliphatic heterocycles. The molecule has 0 bridgehead atoms. The second-order valence-electron chi connectivity index (χ2n) is 3.43. The average molecular weight is 212 g/mol. The van der Waals surface area contributed by atoms with Gasteiger partial charge < -0.3 is 16.2 Å². The van der Waals surface area contributed by atoms with Crippen LogP contribution in [0.2, 0.25) is 0 Å². The van der Waals surface area contributed by atoms with Gasteiger partial charge in [-0.3, -0.25) is 9.48 Å². The quantitative estimate of drug-likeness (QED) is 0.578. The fourth-order valence-electron chi connectivity index (χ4n) is 1.30. The van der Waals surface area contributed by atoms with E-state index < -0.39 is 12.0 Å². The molecule has 6 nitrogen and oxygen atoms in total. The Kier molecular flexibility index (Phi) is 3.81. The summed E-state index contributed by atoms with van der Waals surface area (Å²) in [6.45, 7) is 2.06. The number of primary amides is 1. The van der Waals surface area contributed by atoms with E-state index in [-0.39, 0.29) is 12.6 Å². The normalized spacial score (nSPS) is 14.9. The number of carbonyl (C=O) groups excluding carboxylic acids is 1. The van der Waals surface area contributed by atoms with E-state index in [2.05, 4.69) is 10.4 Å². The van der Waals surface area contributed by atoms with E-state index in [1.807, 2.05) is 20.0 Å². The third-order valence-corrected chi connectivity index (χ3v) is 2.25. The molecule has 4 N–H and O–H groups in total. The van der Waals surface area contributed by atoms with Gasteiger partial charge in [-0.15, -0.1) is 0 Å². The van der Waals surface area contributed by atoms with Gasteiger partial charge in [0.15, 0.2) is 0 Å². The molecule has 2 atom stereocenters. The first-order valence-electron chi connectivity index (χ1n) is 4.71. The van der Waals surface area contributed by atoms with E-state index >= 15 is 0 Å². The molecule has 15 heavy (non-hydrogen) atoms. The van der Waals surface area contributed by atoms with Crippen LogP contribution in [0.5, 0.6) is 0 Å². The average Bonchev–Trinajstić information content (AvgIpc) is 2.60. The zero-order valence-electron chi connectivity index (χ0n) is 8.84. The number of rotatable bonds is 5. The molecule has 1 aromatic heterocycles. The van der Waals surface area contributed by atoms with Gasteiger partial charge >= 0.3 is 0 Å². The van der Waals surface area contributed by atoms with E-state index in [0.717, 1.165) is 5.69 Å². The first-order chi connectivity index (χ1) is 7.02. The van der Waals surface area contributed by atoms with Crippen molar-refractivity contribution < 1.29 is 9.90 Å². The van der Waals surface area contributed by atoms with Crippen molar-refractivity contribution in [2.24, 2.45) is 12.8 Å². The minimum atomic E-state index is -1.15. The monoisotopic (exact) mass is 212 g/mol. The summed E-state index contributed by atoms with van der Waals surface area (Å²) >= 11 is 0. The summed E-state index contributed by atoms with van der Waals surface area (Å²) in [4.78, 5) is 10.6. The van der Waals surface area contributed by atoms with Crippen molar-refractivity contribution in [2.45, 2.75) is 19.1 Å². The van der Waals surface area contributed by atoms with Crippen LogP contribution in [-0.2, 0) is 11.8 Å². The molecular formula is C9H16N4O2. The fraction of sp³-hybridized carbons (Fsp3) is 0.556. The van der Waals surface area contributed by atoms with Crippen molar-refractivity contribution in [1.82, 2.24) is 15.1 Å². The highest BCUT2D eigenvalue weighted by Gasteiger charge is 2.14. The lowest BCUT2D eigenvalue weighted by molar-refractivity contribution is -0.125. The Balaban J connectivity index is 2.47. The fourth-order valence-corrected chi connectivity index (χ4v) is 1.30. The molecule has 2 unspecified atom stereocenters. The molecule has 1 rings (SSSR count). The van der Waals surface area contributed by atoms with Crippen molar-refractivity contribution in [2.75, 3.05) is 6.54 Å². The molecule has 1 heterocycles. The summed E-state index contributed by atoms with van der Waals surface area (Å²) in [5.74, 6) is -0.722. The summed E-state index contributed by atoms with van der Waals surface area (Å²) in [6.07, 6.45) is 0.540. The number of nitrogens with two attached hydrogens (primary N) is 1. The van der Waals surface area contributed by atoms with E-state index in [4.69, 9.17) is 5.73 Å². The maximum Gasteiger partial charge on any atom is 0.247 e. The van der Waals surface area contributed by atoms with Crippen molar-refractivity contribution in [3.05, 3.63) is 18.0 Å². The molecule has 0 aromatic carbocycles. The second-order valence-corrected chi connectivity index (χ2v) is 3.43. The maximum atomic E-state index is 10.6. The number of amides is 1. The Labute approximate surface area is 88.1 Å². The SMILES string of the molecule is CC(NCC(O)C(N)=O)c1ccnn1C. The van der Waals surface area contributed by atoms with Gasteiger partial charge in [0, 0.05) is 25.8 Å². The Hall–Kier alpha value is -1.40. The first-order valence-corrected chi connectivity index (χ1v) is 4.71. The molecule has 1 amide bonds. The van der Waals surface area contributed by atoms with Gasteiger partial charge in [-0.1, -0.05) is 0 Å². The number of aromatic nitrogens is 2. The highest BCUT2D eigenvalue weighted by molar-refractivity contribution is 5.78. The molecule has 6 heteroatoms. The number of carbonyl (C=O) groups is 1. The van der Waals surface area contributed by atoms with Gasteiger partial charge in [0.1, 0.15) is 6.10 Å². The summed E-state index contributed by atoms with van der Waals surface area (Å²) in [5, 5.41) is 16.2. The van der Waals surface area contributed by atoms with Crippen LogP contribution in [-0.4, -0.2) is 33.4 Å². The summed E-state index contributed by atoms with van der Waals surface area (Å²) in [5.41, 5.74) is 5.90. The zero-order valence-corrected chi connectivity index (χ0v) is 8.84. The molecule has 0 saturated carbocycles. The van der Waals surface area contributed by atoms with Gasteiger partial charge in [-0.2, -0.15) is 5.10 Å². The van der Waals surface area contributed by atoms with Crippen LogP contribution in [0.1, 0.15) is 18.7 Å². The number of hydrogen-bond acceptors (Lipinski definition) is 4. The van der Waals surface area contributed by atoms with Crippen LogP contribution in [0.25, 0.3) is 0 Å². The van der Waals surface area contributed by atoms with E-state index in [9.17, 15) is 9.90 Å². The van der Waals surface area contributed by atoms with Gasteiger partial charge in [0.05, 0.1) is 5.69 Å². The lowest BCUT2D eigenvalue weighted by Crippen LogP contribution is -2.38. The standard InChI is InChI=1S/C9H16N4O2/c1-6(7-3-4-12-13(7)2)11-5-8(14)9(10)15/h3-4,6,8,11,14H,5H2,1-2H3,(H2,10,15). The Morgan fingerprint density at radius 3 is 2.93 bits per heavy atom. The van der Waals surface area contributed by atoms with Crippen LogP contribution >= 0.6 is 0 Å². The lowest BCUT2D eigenvalue weighted by Gasteiger charge is -2.15. The molecular weight excluding hydrogens is 196 g/mol. The predicted molar refractivity (Wildman–Crippen MR) is 54.8 cm³/mol. The van der Waals surface area contributed by atoms with Gasteiger partial charge in [0.2, 0.25) is 5.91 Å². The van der Waals surface area contributed by atoms with E-state index in [1.165, 1.54) is 0 Å². The minimum Gasteiger partial charge on any atom is -0.382 e. The van der Waals surface area contributed by atoms with Gasteiger partial charge in [-0.05, 0) is 13.0 Å². The zero-order chi connectivity index (χ0) is 11.4. The molecule has 0 fully saturated rings. The molecule has 0 aliphatic carbocycles. The third-order valence-electron chi connectivity index (χ3n) is 2.25. The highest BCUT2D eigenvalue weighted by atomic mass is 16.3. The van der Waals surface area contributed by atoms with Crippen LogP contribution in [0.4, 0.5) is 0 Å². The van der Waals surface area contributed by atoms with Crippen molar-refractivity contribution in [3.8, 4) is 0 Å². The number of nitrogens with one attached hydrogen (secondary N) is 1. The molecule has 0 saturated heterocycles. The largest absolute Gasteiger partial charge is 0.382 e. The van der Waals surface area contributed by atoms with E-state index in [1.54, 1.807) is 10.9 Å². The first kappa shape index (κ1) is 11.7. The molecule has 84 valence electrons. The third kappa shape index (κ3) is 3.03. The Morgan fingerprint density at radius 1 is 1.80 bits per heavy atom. The number of aryl methyl sites for hydroxylation is 1. The van der Waals surface area contributed by atoms with Crippen LogP contribution in [0.15, 0.2) is 12.3 Å².